The van der Waals surface area contributed by atoms with Crippen LogP contribution in [0.3, 0.4) is 0 Å². The molecule has 0 bridgehead atoms. The van der Waals surface area contributed by atoms with E-state index in [1.807, 2.05) is 30.3 Å². The van der Waals surface area contributed by atoms with Crippen LogP contribution < -0.4 is 5.73 Å². The van der Waals surface area contributed by atoms with Crippen LogP contribution >= 0.6 is 11.6 Å². The Morgan fingerprint density at radius 2 is 1.92 bits per heavy atom. The summed E-state index contributed by atoms with van der Waals surface area (Å²) in [7, 11) is -3.81. The average molecular weight is 383 g/mol. The van der Waals surface area contributed by atoms with Gasteiger partial charge in [0.25, 0.3) is 0 Å². The van der Waals surface area contributed by atoms with Crippen molar-refractivity contribution in [2.75, 3.05) is 19.6 Å². The van der Waals surface area contributed by atoms with Crippen molar-refractivity contribution in [1.29, 1.82) is 0 Å². The number of hydrogen-bond donors (Lipinski definition) is 1. The molecule has 0 aromatic heterocycles. The van der Waals surface area contributed by atoms with Gasteiger partial charge in [0, 0.05) is 19.0 Å². The highest BCUT2D eigenvalue weighted by molar-refractivity contribution is 7.89. The minimum absolute atomic E-state index is 0.0255. The second-order valence-corrected chi connectivity index (χ2v) is 8.68. The number of halogens is 2. The first kappa shape index (κ1) is 18.3. The average Bonchev–Trinajstić information content (AvgIpc) is 3.04. The fourth-order valence-electron chi connectivity index (χ4n) is 3.31. The third-order valence-corrected chi connectivity index (χ3v) is 7.07. The van der Waals surface area contributed by atoms with Gasteiger partial charge in [-0.3, -0.25) is 0 Å². The molecule has 0 unspecified atom stereocenters. The summed E-state index contributed by atoms with van der Waals surface area (Å²) in [5.74, 6) is -0.467. The van der Waals surface area contributed by atoms with Crippen molar-refractivity contribution in [3.63, 3.8) is 0 Å². The van der Waals surface area contributed by atoms with Crippen molar-refractivity contribution in [3.8, 4) is 0 Å². The maximum Gasteiger partial charge on any atom is 0.244 e. The van der Waals surface area contributed by atoms with E-state index in [2.05, 4.69) is 0 Å². The van der Waals surface area contributed by atoms with Gasteiger partial charge in [0.1, 0.15) is 10.7 Å². The second kappa shape index (κ2) is 7.03. The Hall–Kier alpha value is -1.47. The number of rotatable bonds is 4. The summed E-state index contributed by atoms with van der Waals surface area (Å²) in [4.78, 5) is -0.0578. The summed E-state index contributed by atoms with van der Waals surface area (Å²) < 4.78 is 41.1. The Labute approximate surface area is 152 Å². The third-order valence-electron chi connectivity index (χ3n) is 4.77. The molecule has 134 valence electrons. The van der Waals surface area contributed by atoms with E-state index in [9.17, 15) is 12.8 Å². The standard InChI is InChI=1S/C18H20ClFN2O2S/c1-12-7-18(16(19)8-17(12)20)25(23,24)22-10-14(9-21)15(11-22)13-5-3-2-4-6-13/h2-8,14-15H,9-11,21H2,1H3/t14-,15+/m1/s1. The van der Waals surface area contributed by atoms with E-state index in [0.29, 0.717) is 19.6 Å². The number of hydrogen-bond acceptors (Lipinski definition) is 3. The second-order valence-electron chi connectivity index (χ2n) is 6.37. The topological polar surface area (TPSA) is 63.4 Å². The molecule has 0 saturated carbocycles. The van der Waals surface area contributed by atoms with Crippen LogP contribution in [0.2, 0.25) is 5.02 Å². The van der Waals surface area contributed by atoms with Crippen molar-refractivity contribution < 1.29 is 12.8 Å². The van der Waals surface area contributed by atoms with E-state index in [4.69, 9.17) is 17.3 Å². The van der Waals surface area contributed by atoms with Gasteiger partial charge in [-0.15, -0.1) is 0 Å². The van der Waals surface area contributed by atoms with Crippen molar-refractivity contribution >= 4 is 21.6 Å². The van der Waals surface area contributed by atoms with Gasteiger partial charge in [-0.2, -0.15) is 4.31 Å². The van der Waals surface area contributed by atoms with E-state index in [1.54, 1.807) is 0 Å². The first-order valence-corrected chi connectivity index (χ1v) is 9.87. The molecule has 4 nitrogen and oxygen atoms in total. The number of nitrogens with two attached hydrogens (primary N) is 1. The summed E-state index contributed by atoms with van der Waals surface area (Å²) in [6.07, 6.45) is 0. The van der Waals surface area contributed by atoms with Crippen molar-refractivity contribution in [2.24, 2.45) is 11.7 Å². The fraction of sp³-hybridized carbons (Fsp3) is 0.333. The molecule has 2 aromatic carbocycles. The summed E-state index contributed by atoms with van der Waals surface area (Å²) in [5, 5.41) is -0.101. The van der Waals surface area contributed by atoms with Gasteiger partial charge in [0.15, 0.2) is 0 Å². The van der Waals surface area contributed by atoms with Crippen LogP contribution in [0.15, 0.2) is 47.4 Å². The Bertz CT molecular complexity index is 874. The first-order valence-electron chi connectivity index (χ1n) is 8.05. The number of nitrogens with zero attached hydrogens (tertiary/aromatic N) is 1. The fourth-order valence-corrected chi connectivity index (χ4v) is 5.41. The predicted octanol–water partition coefficient (Wildman–Crippen LogP) is 3.15. The molecule has 2 atom stereocenters. The highest BCUT2D eigenvalue weighted by Crippen LogP contribution is 2.37. The lowest BCUT2D eigenvalue weighted by molar-refractivity contribution is 0.458. The normalized spacial score (nSPS) is 21.6. The molecule has 0 aliphatic carbocycles. The van der Waals surface area contributed by atoms with Gasteiger partial charge in [0.2, 0.25) is 10.0 Å². The molecule has 0 amide bonds. The van der Waals surface area contributed by atoms with Crippen LogP contribution in [0.1, 0.15) is 17.0 Å². The van der Waals surface area contributed by atoms with Gasteiger partial charge in [-0.25, -0.2) is 12.8 Å². The number of benzene rings is 2. The number of aryl methyl sites for hydroxylation is 1. The van der Waals surface area contributed by atoms with E-state index in [1.165, 1.54) is 17.3 Å². The molecule has 1 saturated heterocycles. The molecule has 1 aliphatic heterocycles. The van der Waals surface area contributed by atoms with E-state index in [0.717, 1.165) is 11.6 Å². The zero-order valence-corrected chi connectivity index (χ0v) is 15.4. The Morgan fingerprint density at radius 1 is 1.24 bits per heavy atom. The lowest BCUT2D eigenvalue weighted by atomic mass is 9.89. The SMILES string of the molecule is Cc1cc(S(=O)(=O)N2C[C@@H](CN)[C@H](c3ccccc3)C2)c(Cl)cc1F. The first-order chi connectivity index (χ1) is 11.8. The molecular formula is C18H20ClFN2O2S. The summed E-state index contributed by atoms with van der Waals surface area (Å²) in [5.41, 5.74) is 7.20. The molecule has 2 aromatic rings. The Kier molecular flexibility index (Phi) is 5.16. The molecular weight excluding hydrogens is 363 g/mol. The van der Waals surface area contributed by atoms with Crippen molar-refractivity contribution in [2.45, 2.75) is 17.7 Å². The van der Waals surface area contributed by atoms with Gasteiger partial charge >= 0.3 is 0 Å². The zero-order valence-electron chi connectivity index (χ0n) is 13.8. The van der Waals surface area contributed by atoms with Crippen LogP contribution in [0, 0.1) is 18.7 Å². The Balaban J connectivity index is 1.95. The van der Waals surface area contributed by atoms with E-state index < -0.39 is 15.8 Å². The van der Waals surface area contributed by atoms with Crippen molar-refractivity contribution in [3.05, 3.63) is 64.4 Å². The molecule has 25 heavy (non-hydrogen) atoms. The molecule has 1 heterocycles. The van der Waals surface area contributed by atoms with Gasteiger partial charge in [-0.05, 0) is 42.6 Å². The van der Waals surface area contributed by atoms with Crippen LogP contribution in [0.25, 0.3) is 0 Å². The summed E-state index contributed by atoms with van der Waals surface area (Å²) >= 11 is 6.02. The molecule has 1 fully saturated rings. The predicted molar refractivity (Wildman–Crippen MR) is 96.6 cm³/mol. The van der Waals surface area contributed by atoms with Crippen LogP contribution in [-0.2, 0) is 10.0 Å². The largest absolute Gasteiger partial charge is 0.330 e. The molecule has 3 rings (SSSR count). The van der Waals surface area contributed by atoms with Crippen LogP contribution in [0.4, 0.5) is 4.39 Å². The van der Waals surface area contributed by atoms with Gasteiger partial charge < -0.3 is 5.73 Å². The van der Waals surface area contributed by atoms with E-state index in [-0.39, 0.29) is 27.3 Å². The minimum Gasteiger partial charge on any atom is -0.330 e. The lowest BCUT2D eigenvalue weighted by Crippen LogP contribution is -2.30. The van der Waals surface area contributed by atoms with Crippen LogP contribution in [0.5, 0.6) is 0 Å². The smallest absolute Gasteiger partial charge is 0.244 e. The zero-order chi connectivity index (χ0) is 18.2. The summed E-state index contributed by atoms with van der Waals surface area (Å²) in [6.45, 7) is 2.57. The maximum absolute atomic E-state index is 13.6. The quantitative estimate of drug-likeness (QED) is 0.883. The Morgan fingerprint density at radius 3 is 2.56 bits per heavy atom. The van der Waals surface area contributed by atoms with Gasteiger partial charge in [-0.1, -0.05) is 41.9 Å². The molecule has 0 radical (unpaired) electrons. The summed E-state index contributed by atoms with van der Waals surface area (Å²) in [6, 6.07) is 12.1. The van der Waals surface area contributed by atoms with Gasteiger partial charge in [0.05, 0.1) is 5.02 Å². The highest BCUT2D eigenvalue weighted by atomic mass is 35.5. The third kappa shape index (κ3) is 3.44. The molecule has 1 aliphatic rings. The van der Waals surface area contributed by atoms with E-state index >= 15 is 0 Å². The lowest BCUT2D eigenvalue weighted by Gasteiger charge is -2.18. The van der Waals surface area contributed by atoms with Crippen molar-refractivity contribution in [1.82, 2.24) is 4.31 Å². The maximum atomic E-state index is 13.6. The van der Waals surface area contributed by atoms with Crippen LogP contribution in [-0.4, -0.2) is 32.4 Å². The number of sulfonamides is 1. The molecule has 7 heteroatoms. The molecule has 2 N–H and O–H groups in total. The monoisotopic (exact) mass is 382 g/mol. The molecule has 0 spiro atoms. The highest BCUT2D eigenvalue weighted by Gasteiger charge is 2.40. The minimum atomic E-state index is -3.81.